The van der Waals surface area contributed by atoms with Gasteiger partial charge in [-0.05, 0) is 49.2 Å². The Kier molecular flexibility index (Phi) is 5.65. The second-order valence-electron chi connectivity index (χ2n) is 9.48. The first-order valence-corrected chi connectivity index (χ1v) is 13.8. The maximum atomic E-state index is 13.7. The number of benzene rings is 2. The molecular formula is C27H25FN6O2S. The van der Waals surface area contributed by atoms with Gasteiger partial charge >= 0.3 is 0 Å². The number of H-pyrrole nitrogens is 1. The molecule has 2 aromatic carbocycles. The van der Waals surface area contributed by atoms with Gasteiger partial charge in [0.15, 0.2) is 0 Å². The zero-order valence-electron chi connectivity index (χ0n) is 20.3. The molecule has 0 saturated carbocycles. The summed E-state index contributed by atoms with van der Waals surface area (Å²) < 4.78 is 41.6. The molecule has 10 heteroatoms. The molecule has 3 aromatic heterocycles. The SMILES string of the molecule is C[C@H]1C[C@@H](n2cc(-c3ncnc4[nH]c(-c5ccccc5)cc34)c(-c3ccc(F)cc3)n2)CN1S(C)(=O)=O. The van der Waals surface area contributed by atoms with Gasteiger partial charge in [-0.1, -0.05) is 30.3 Å². The third-order valence-corrected chi connectivity index (χ3v) is 8.27. The van der Waals surface area contributed by atoms with Crippen LogP contribution >= 0.6 is 0 Å². The summed E-state index contributed by atoms with van der Waals surface area (Å²) >= 11 is 0. The van der Waals surface area contributed by atoms with Gasteiger partial charge in [0.2, 0.25) is 10.0 Å². The maximum Gasteiger partial charge on any atom is 0.211 e. The van der Waals surface area contributed by atoms with Crippen molar-refractivity contribution in [2.24, 2.45) is 0 Å². The Balaban J connectivity index is 1.50. The molecule has 0 radical (unpaired) electrons. The van der Waals surface area contributed by atoms with Gasteiger partial charge < -0.3 is 4.98 Å². The van der Waals surface area contributed by atoms with Crippen LogP contribution in [0.25, 0.3) is 44.8 Å². The normalized spacial score (nSPS) is 18.6. The van der Waals surface area contributed by atoms with Crippen LogP contribution in [0.3, 0.4) is 0 Å². The zero-order valence-corrected chi connectivity index (χ0v) is 21.2. The van der Waals surface area contributed by atoms with Crippen molar-refractivity contribution in [3.8, 4) is 33.8 Å². The number of sulfonamides is 1. The Morgan fingerprint density at radius 3 is 2.46 bits per heavy atom. The molecule has 1 saturated heterocycles. The first-order valence-electron chi connectivity index (χ1n) is 12.0. The van der Waals surface area contributed by atoms with Crippen molar-refractivity contribution in [3.05, 3.63) is 79.0 Å². The van der Waals surface area contributed by atoms with E-state index in [1.165, 1.54) is 29.0 Å². The van der Waals surface area contributed by atoms with Gasteiger partial charge in [0.25, 0.3) is 0 Å². The largest absolute Gasteiger partial charge is 0.339 e. The lowest BCUT2D eigenvalue weighted by Crippen LogP contribution is -2.33. The Morgan fingerprint density at radius 1 is 1.00 bits per heavy atom. The van der Waals surface area contributed by atoms with Gasteiger partial charge in [-0.3, -0.25) is 4.68 Å². The third kappa shape index (κ3) is 4.32. The molecule has 0 aliphatic carbocycles. The molecule has 37 heavy (non-hydrogen) atoms. The molecule has 0 unspecified atom stereocenters. The van der Waals surface area contributed by atoms with Gasteiger partial charge in [0, 0.05) is 41.0 Å². The number of aromatic nitrogens is 5. The molecule has 6 rings (SSSR count). The Labute approximate surface area is 213 Å². The van der Waals surface area contributed by atoms with E-state index in [0.717, 1.165) is 27.8 Å². The average Bonchev–Trinajstić information content (AvgIpc) is 3.61. The van der Waals surface area contributed by atoms with Crippen LogP contribution in [0, 0.1) is 5.82 Å². The van der Waals surface area contributed by atoms with Gasteiger partial charge in [-0.2, -0.15) is 9.40 Å². The first kappa shape index (κ1) is 23.5. The van der Waals surface area contributed by atoms with E-state index in [2.05, 4.69) is 15.0 Å². The van der Waals surface area contributed by atoms with Crippen molar-refractivity contribution in [2.45, 2.75) is 25.4 Å². The minimum Gasteiger partial charge on any atom is -0.339 e. The van der Waals surface area contributed by atoms with Gasteiger partial charge in [-0.15, -0.1) is 0 Å². The summed E-state index contributed by atoms with van der Waals surface area (Å²) in [7, 11) is -3.33. The highest BCUT2D eigenvalue weighted by Gasteiger charge is 2.36. The van der Waals surface area contributed by atoms with Crippen molar-refractivity contribution < 1.29 is 12.8 Å². The monoisotopic (exact) mass is 516 g/mol. The highest BCUT2D eigenvalue weighted by molar-refractivity contribution is 7.88. The molecule has 1 aliphatic heterocycles. The fraction of sp³-hybridized carbons (Fsp3) is 0.222. The van der Waals surface area contributed by atoms with Crippen LogP contribution in [-0.2, 0) is 10.0 Å². The minimum absolute atomic E-state index is 0.134. The molecule has 188 valence electrons. The predicted octanol–water partition coefficient (Wildman–Crippen LogP) is 4.89. The van der Waals surface area contributed by atoms with Crippen molar-refractivity contribution in [3.63, 3.8) is 0 Å². The topological polar surface area (TPSA) is 96.8 Å². The maximum absolute atomic E-state index is 13.7. The second-order valence-corrected chi connectivity index (χ2v) is 11.4. The summed E-state index contributed by atoms with van der Waals surface area (Å²) in [6.07, 6.45) is 5.30. The van der Waals surface area contributed by atoms with E-state index in [9.17, 15) is 12.8 Å². The van der Waals surface area contributed by atoms with Crippen LogP contribution in [0.2, 0.25) is 0 Å². The summed E-state index contributed by atoms with van der Waals surface area (Å²) in [6.45, 7) is 2.25. The number of hydrogen-bond acceptors (Lipinski definition) is 5. The highest BCUT2D eigenvalue weighted by Crippen LogP contribution is 2.38. The van der Waals surface area contributed by atoms with Crippen molar-refractivity contribution in [2.75, 3.05) is 12.8 Å². The van der Waals surface area contributed by atoms with E-state index < -0.39 is 10.0 Å². The Morgan fingerprint density at radius 2 is 1.76 bits per heavy atom. The van der Waals surface area contributed by atoms with Crippen LogP contribution in [-0.4, -0.2) is 56.3 Å². The molecule has 2 atom stereocenters. The summed E-state index contributed by atoms with van der Waals surface area (Å²) in [5.74, 6) is -0.333. The van der Waals surface area contributed by atoms with Crippen molar-refractivity contribution >= 4 is 21.1 Å². The Hall–Kier alpha value is -3.89. The predicted molar refractivity (Wildman–Crippen MR) is 141 cm³/mol. The molecule has 1 aliphatic rings. The molecular weight excluding hydrogens is 491 g/mol. The number of aromatic amines is 1. The van der Waals surface area contributed by atoms with E-state index in [1.807, 2.05) is 54.2 Å². The van der Waals surface area contributed by atoms with E-state index in [-0.39, 0.29) is 17.9 Å². The number of nitrogens with zero attached hydrogens (tertiary/aromatic N) is 5. The molecule has 0 spiro atoms. The quantitative estimate of drug-likeness (QED) is 0.359. The standard InChI is InChI=1S/C27H25FN6O2S/c1-17-12-21(14-34(17)37(2,35)36)33-15-23(25(32-33)19-8-10-20(28)11-9-19)26-22-13-24(18-6-4-3-5-7-18)31-27(22)30-16-29-26/h3-11,13,15-17,21H,12,14H2,1-2H3,(H,29,30,31)/t17-,21+/m0/s1. The zero-order chi connectivity index (χ0) is 25.7. The van der Waals surface area contributed by atoms with Crippen LogP contribution < -0.4 is 0 Å². The Bertz CT molecular complexity index is 1700. The smallest absolute Gasteiger partial charge is 0.211 e. The second kappa shape index (κ2) is 8.89. The molecule has 4 heterocycles. The highest BCUT2D eigenvalue weighted by atomic mass is 32.2. The van der Waals surface area contributed by atoms with Crippen LogP contribution in [0.5, 0.6) is 0 Å². The summed E-state index contributed by atoms with van der Waals surface area (Å²) in [4.78, 5) is 12.5. The third-order valence-electron chi connectivity index (χ3n) is 6.91. The van der Waals surface area contributed by atoms with E-state index >= 15 is 0 Å². The lowest BCUT2D eigenvalue weighted by molar-refractivity contribution is 0.404. The fourth-order valence-corrected chi connectivity index (χ4v) is 6.31. The molecule has 0 bridgehead atoms. The van der Waals surface area contributed by atoms with Crippen LogP contribution in [0.4, 0.5) is 4.39 Å². The van der Waals surface area contributed by atoms with E-state index in [1.54, 1.807) is 12.1 Å². The lowest BCUT2D eigenvalue weighted by Gasteiger charge is -2.17. The number of rotatable bonds is 5. The molecule has 5 aromatic rings. The summed E-state index contributed by atoms with van der Waals surface area (Å²) in [5.41, 5.74) is 5.49. The van der Waals surface area contributed by atoms with Crippen LogP contribution in [0.1, 0.15) is 19.4 Å². The van der Waals surface area contributed by atoms with Gasteiger partial charge in [-0.25, -0.2) is 22.8 Å². The summed E-state index contributed by atoms with van der Waals surface area (Å²) in [5, 5.41) is 5.73. The van der Waals surface area contributed by atoms with Crippen LogP contribution in [0.15, 0.2) is 73.2 Å². The number of hydrogen-bond donors (Lipinski definition) is 1. The van der Waals surface area contributed by atoms with E-state index in [0.29, 0.717) is 30.0 Å². The molecule has 1 N–H and O–H groups in total. The van der Waals surface area contributed by atoms with Gasteiger partial charge in [0.05, 0.1) is 18.0 Å². The van der Waals surface area contributed by atoms with E-state index in [4.69, 9.17) is 5.10 Å². The average molecular weight is 517 g/mol. The number of fused-ring (bicyclic) bond motifs is 1. The number of halogens is 1. The molecule has 0 amide bonds. The first-order chi connectivity index (χ1) is 17.8. The number of nitrogens with one attached hydrogen (secondary N) is 1. The van der Waals surface area contributed by atoms with Crippen molar-refractivity contribution in [1.82, 2.24) is 29.0 Å². The fourth-order valence-electron chi connectivity index (χ4n) is 5.13. The van der Waals surface area contributed by atoms with Gasteiger partial charge in [0.1, 0.15) is 23.5 Å². The minimum atomic E-state index is -3.33. The lowest BCUT2D eigenvalue weighted by atomic mass is 10.0. The molecule has 8 nitrogen and oxygen atoms in total. The summed E-state index contributed by atoms with van der Waals surface area (Å²) in [6, 6.07) is 17.9. The van der Waals surface area contributed by atoms with Crippen molar-refractivity contribution in [1.29, 1.82) is 0 Å². The molecule has 1 fully saturated rings.